The number of carbonyl (C=O) groups is 1. The van der Waals surface area contributed by atoms with Crippen molar-refractivity contribution in [1.82, 2.24) is 0 Å². The standard InChI is InChI=1S/C10H7Br2F3O/c11-5-7(16)3-6-1-2-9(12)8(4-6)10(13,14)15/h1-2,4H,3,5H2. The van der Waals surface area contributed by atoms with Crippen LogP contribution in [-0.2, 0) is 17.4 Å². The van der Waals surface area contributed by atoms with Crippen LogP contribution >= 0.6 is 31.9 Å². The second-order valence-corrected chi connectivity index (χ2v) is 4.58. The monoisotopic (exact) mass is 358 g/mol. The lowest BCUT2D eigenvalue weighted by Crippen LogP contribution is -2.09. The van der Waals surface area contributed by atoms with Crippen molar-refractivity contribution in [3.63, 3.8) is 0 Å². The molecule has 0 fully saturated rings. The molecule has 0 saturated heterocycles. The number of Topliss-reactive ketones (excluding diaryl/α,β-unsaturated/α-hetero) is 1. The van der Waals surface area contributed by atoms with Gasteiger partial charge in [0.15, 0.2) is 0 Å². The Morgan fingerprint density at radius 3 is 2.44 bits per heavy atom. The molecular weight excluding hydrogens is 353 g/mol. The largest absolute Gasteiger partial charge is 0.417 e. The van der Waals surface area contributed by atoms with Crippen molar-refractivity contribution in [2.45, 2.75) is 12.6 Å². The molecule has 0 radical (unpaired) electrons. The zero-order valence-corrected chi connectivity index (χ0v) is 11.1. The number of hydrogen-bond donors (Lipinski definition) is 0. The van der Waals surface area contributed by atoms with E-state index in [2.05, 4.69) is 31.9 Å². The lowest BCUT2D eigenvalue weighted by atomic mass is 10.1. The summed E-state index contributed by atoms with van der Waals surface area (Å²) in [6.45, 7) is 0. The number of carbonyl (C=O) groups excluding carboxylic acids is 1. The highest BCUT2D eigenvalue weighted by atomic mass is 79.9. The molecule has 0 heterocycles. The molecule has 0 aliphatic rings. The van der Waals surface area contributed by atoms with Gasteiger partial charge < -0.3 is 0 Å². The zero-order valence-electron chi connectivity index (χ0n) is 7.94. The Kier molecular flexibility index (Phi) is 4.55. The predicted octanol–water partition coefficient (Wildman–Crippen LogP) is 3.97. The van der Waals surface area contributed by atoms with Gasteiger partial charge in [-0.25, -0.2) is 0 Å². The maximum absolute atomic E-state index is 12.5. The molecule has 1 nitrogen and oxygen atoms in total. The Hall–Kier alpha value is -0.360. The maximum atomic E-state index is 12.5. The Balaban J connectivity index is 3.03. The first-order chi connectivity index (χ1) is 7.34. The highest BCUT2D eigenvalue weighted by Crippen LogP contribution is 2.35. The van der Waals surface area contributed by atoms with Crippen LogP contribution in [0.2, 0.25) is 0 Å². The number of hydrogen-bond acceptors (Lipinski definition) is 1. The summed E-state index contributed by atoms with van der Waals surface area (Å²) >= 11 is 5.80. The maximum Gasteiger partial charge on any atom is 0.417 e. The Labute approximate surface area is 107 Å². The summed E-state index contributed by atoms with van der Waals surface area (Å²) in [4.78, 5) is 11.1. The van der Waals surface area contributed by atoms with Gasteiger partial charge in [0.25, 0.3) is 0 Å². The third kappa shape index (κ3) is 3.59. The van der Waals surface area contributed by atoms with Gasteiger partial charge in [0.05, 0.1) is 10.9 Å². The average molecular weight is 360 g/mol. The molecule has 0 aromatic heterocycles. The molecule has 0 aliphatic carbocycles. The van der Waals surface area contributed by atoms with Crippen LogP contribution in [0.1, 0.15) is 11.1 Å². The molecule has 0 saturated carbocycles. The van der Waals surface area contributed by atoms with Gasteiger partial charge in [0.2, 0.25) is 0 Å². The van der Waals surface area contributed by atoms with Gasteiger partial charge in [-0.2, -0.15) is 13.2 Å². The first kappa shape index (κ1) is 13.7. The normalized spacial score (nSPS) is 11.6. The summed E-state index contributed by atoms with van der Waals surface area (Å²) < 4.78 is 37.6. The lowest BCUT2D eigenvalue weighted by Gasteiger charge is -2.10. The summed E-state index contributed by atoms with van der Waals surface area (Å²) in [6, 6.07) is 3.80. The van der Waals surface area contributed by atoms with E-state index in [0.29, 0.717) is 5.56 Å². The number of halogens is 5. The SMILES string of the molecule is O=C(CBr)Cc1ccc(Br)c(C(F)(F)F)c1. The molecule has 0 N–H and O–H groups in total. The van der Waals surface area contributed by atoms with Gasteiger partial charge in [0.1, 0.15) is 5.78 Å². The van der Waals surface area contributed by atoms with E-state index in [4.69, 9.17) is 0 Å². The molecule has 0 amide bonds. The van der Waals surface area contributed by atoms with Gasteiger partial charge in [-0.3, -0.25) is 4.79 Å². The van der Waals surface area contributed by atoms with Crippen LogP contribution in [0.3, 0.4) is 0 Å². The molecule has 1 aromatic rings. The van der Waals surface area contributed by atoms with E-state index in [0.717, 1.165) is 6.07 Å². The number of benzene rings is 1. The molecule has 6 heteroatoms. The molecule has 0 unspecified atom stereocenters. The third-order valence-corrected chi connectivity index (χ3v) is 3.20. The fraction of sp³-hybridized carbons (Fsp3) is 0.300. The van der Waals surface area contributed by atoms with Crippen molar-refractivity contribution in [3.05, 3.63) is 33.8 Å². The van der Waals surface area contributed by atoms with Crippen LogP contribution in [0.15, 0.2) is 22.7 Å². The number of alkyl halides is 4. The van der Waals surface area contributed by atoms with E-state index in [1.165, 1.54) is 12.1 Å². The van der Waals surface area contributed by atoms with Crippen LogP contribution in [0.4, 0.5) is 13.2 Å². The summed E-state index contributed by atoms with van der Waals surface area (Å²) in [6.07, 6.45) is -4.41. The van der Waals surface area contributed by atoms with Crippen LogP contribution < -0.4 is 0 Å². The highest BCUT2D eigenvalue weighted by Gasteiger charge is 2.33. The third-order valence-electron chi connectivity index (χ3n) is 1.89. The van der Waals surface area contributed by atoms with Crippen LogP contribution in [0.5, 0.6) is 0 Å². The second kappa shape index (κ2) is 5.31. The minimum absolute atomic E-state index is 0.00160. The first-order valence-corrected chi connectivity index (χ1v) is 6.19. The summed E-state index contributed by atoms with van der Waals surface area (Å²) in [5.74, 6) is -0.157. The smallest absolute Gasteiger partial charge is 0.298 e. The molecule has 0 aliphatic heterocycles. The second-order valence-electron chi connectivity index (χ2n) is 3.16. The Morgan fingerprint density at radius 2 is 1.94 bits per heavy atom. The van der Waals surface area contributed by atoms with Gasteiger partial charge in [0, 0.05) is 10.9 Å². The molecule has 0 atom stereocenters. The summed E-state index contributed by atoms with van der Waals surface area (Å²) in [5.41, 5.74) is -0.396. The molecule has 0 bridgehead atoms. The number of ketones is 1. The average Bonchev–Trinajstić information content (AvgIpc) is 2.19. The molecular formula is C10H7Br2F3O. The van der Waals surface area contributed by atoms with E-state index in [-0.39, 0.29) is 22.0 Å². The fourth-order valence-corrected chi connectivity index (χ4v) is 1.84. The lowest BCUT2D eigenvalue weighted by molar-refractivity contribution is -0.138. The van der Waals surface area contributed by atoms with Gasteiger partial charge in [-0.15, -0.1) is 0 Å². The summed E-state index contributed by atoms with van der Waals surface area (Å²) in [7, 11) is 0. The van der Waals surface area contributed by atoms with Crippen LogP contribution in [0.25, 0.3) is 0 Å². The molecule has 1 aromatic carbocycles. The van der Waals surface area contributed by atoms with Crippen LogP contribution in [-0.4, -0.2) is 11.1 Å². The fourth-order valence-electron chi connectivity index (χ4n) is 1.17. The van der Waals surface area contributed by atoms with Crippen molar-refractivity contribution in [2.24, 2.45) is 0 Å². The van der Waals surface area contributed by atoms with E-state index in [1.54, 1.807) is 0 Å². The summed E-state index contributed by atoms with van der Waals surface area (Å²) in [5, 5.41) is 0.143. The van der Waals surface area contributed by atoms with E-state index in [1.807, 2.05) is 0 Å². The van der Waals surface area contributed by atoms with Gasteiger partial charge in [-0.1, -0.05) is 37.9 Å². The van der Waals surface area contributed by atoms with E-state index >= 15 is 0 Å². The van der Waals surface area contributed by atoms with Gasteiger partial charge in [-0.05, 0) is 17.7 Å². The number of rotatable bonds is 3. The van der Waals surface area contributed by atoms with Crippen molar-refractivity contribution < 1.29 is 18.0 Å². The first-order valence-electron chi connectivity index (χ1n) is 4.28. The van der Waals surface area contributed by atoms with Crippen molar-refractivity contribution in [3.8, 4) is 0 Å². The molecule has 1 rings (SSSR count). The minimum atomic E-state index is -4.41. The molecule has 88 valence electrons. The van der Waals surface area contributed by atoms with Gasteiger partial charge >= 0.3 is 6.18 Å². The molecule has 16 heavy (non-hydrogen) atoms. The Bertz CT molecular complexity index is 402. The van der Waals surface area contributed by atoms with E-state index in [9.17, 15) is 18.0 Å². The predicted molar refractivity (Wildman–Crippen MR) is 61.6 cm³/mol. The molecule has 0 spiro atoms. The van der Waals surface area contributed by atoms with Crippen LogP contribution in [0, 0.1) is 0 Å². The quantitative estimate of drug-likeness (QED) is 0.746. The Morgan fingerprint density at radius 1 is 1.31 bits per heavy atom. The van der Waals surface area contributed by atoms with Crippen molar-refractivity contribution >= 4 is 37.6 Å². The topological polar surface area (TPSA) is 17.1 Å². The van der Waals surface area contributed by atoms with Crippen molar-refractivity contribution in [2.75, 3.05) is 5.33 Å². The minimum Gasteiger partial charge on any atom is -0.298 e. The van der Waals surface area contributed by atoms with E-state index < -0.39 is 11.7 Å². The zero-order chi connectivity index (χ0) is 12.3. The highest BCUT2D eigenvalue weighted by molar-refractivity contribution is 9.10. The van der Waals surface area contributed by atoms with Crippen molar-refractivity contribution in [1.29, 1.82) is 0 Å².